The highest BCUT2D eigenvalue weighted by molar-refractivity contribution is 7.90. The van der Waals surface area contributed by atoms with Gasteiger partial charge in [-0.2, -0.15) is 8.42 Å². The predicted octanol–water partition coefficient (Wildman–Crippen LogP) is 0.381. The molecule has 1 aromatic carbocycles. The van der Waals surface area contributed by atoms with Crippen LogP contribution in [-0.4, -0.2) is 30.3 Å². The zero-order valence-corrected chi connectivity index (χ0v) is 10.8. The van der Waals surface area contributed by atoms with Crippen LogP contribution in [0.3, 0.4) is 0 Å². The fraction of sp³-hybridized carbons (Fsp3) is 0.167. The molecule has 1 aromatic heterocycles. The highest BCUT2D eigenvalue weighted by Crippen LogP contribution is 2.26. The van der Waals surface area contributed by atoms with E-state index >= 15 is 0 Å². The van der Waals surface area contributed by atoms with Crippen LogP contribution in [0.2, 0.25) is 0 Å². The van der Waals surface area contributed by atoms with Crippen molar-refractivity contribution in [1.82, 2.24) is 9.55 Å². The summed E-state index contributed by atoms with van der Waals surface area (Å²) in [5.41, 5.74) is 6.12. The van der Waals surface area contributed by atoms with Crippen LogP contribution in [0, 0.1) is 0 Å². The molecule has 1 aliphatic heterocycles. The number of nitrogens with two attached hydrogens (primary N) is 1. The van der Waals surface area contributed by atoms with Gasteiger partial charge < -0.3 is 5.73 Å². The third kappa shape index (κ3) is 1.87. The molecule has 0 saturated carbocycles. The molecule has 0 unspecified atom stereocenters. The Balaban J connectivity index is 2.20. The molecule has 0 amide bonds. The van der Waals surface area contributed by atoms with Crippen molar-refractivity contribution < 1.29 is 8.42 Å². The standard InChI is InChI=1S/C12H12N4O2S/c13-6-5-11-14-7-8-16(11)12-9-3-1-2-4-10(9)19(17,18)15-12/h1-4,7-8H,5-6,13H2. The first-order valence-electron chi connectivity index (χ1n) is 5.80. The summed E-state index contributed by atoms with van der Waals surface area (Å²) >= 11 is 0. The number of aromatic nitrogens is 2. The molecule has 2 heterocycles. The maximum atomic E-state index is 12.0. The number of sulfonamides is 1. The fourth-order valence-electron chi connectivity index (χ4n) is 2.10. The normalized spacial score (nSPS) is 16.2. The molecular weight excluding hydrogens is 264 g/mol. The molecule has 7 heteroatoms. The highest BCUT2D eigenvalue weighted by Gasteiger charge is 2.30. The number of nitrogens with zero attached hydrogens (tertiary/aromatic N) is 3. The quantitative estimate of drug-likeness (QED) is 0.858. The highest BCUT2D eigenvalue weighted by atomic mass is 32.2. The van der Waals surface area contributed by atoms with Crippen LogP contribution in [0.25, 0.3) is 0 Å². The van der Waals surface area contributed by atoms with E-state index in [9.17, 15) is 8.42 Å². The van der Waals surface area contributed by atoms with Crippen LogP contribution >= 0.6 is 0 Å². The number of hydrogen-bond donors (Lipinski definition) is 1. The lowest BCUT2D eigenvalue weighted by atomic mass is 10.2. The molecule has 0 spiro atoms. The summed E-state index contributed by atoms with van der Waals surface area (Å²) < 4.78 is 29.5. The Bertz CT molecular complexity index is 762. The van der Waals surface area contributed by atoms with Crippen molar-refractivity contribution in [2.45, 2.75) is 11.3 Å². The van der Waals surface area contributed by atoms with Gasteiger partial charge in [-0.25, -0.2) is 4.98 Å². The minimum Gasteiger partial charge on any atom is -0.330 e. The van der Waals surface area contributed by atoms with Crippen LogP contribution in [-0.2, 0) is 16.4 Å². The Morgan fingerprint density at radius 2 is 2.05 bits per heavy atom. The van der Waals surface area contributed by atoms with Crippen LogP contribution in [0.15, 0.2) is 46.0 Å². The summed E-state index contributed by atoms with van der Waals surface area (Å²) in [7, 11) is -3.60. The van der Waals surface area contributed by atoms with E-state index in [-0.39, 0.29) is 4.90 Å². The van der Waals surface area contributed by atoms with Crippen molar-refractivity contribution in [3.8, 4) is 0 Å². The number of fused-ring (bicyclic) bond motifs is 1. The van der Waals surface area contributed by atoms with Crippen LogP contribution < -0.4 is 5.73 Å². The summed E-state index contributed by atoms with van der Waals surface area (Å²) in [6.07, 6.45) is 3.87. The maximum Gasteiger partial charge on any atom is 0.285 e. The first-order valence-corrected chi connectivity index (χ1v) is 7.24. The van der Waals surface area contributed by atoms with Gasteiger partial charge in [-0.1, -0.05) is 12.1 Å². The first kappa shape index (κ1) is 12.1. The van der Waals surface area contributed by atoms with E-state index in [2.05, 4.69) is 9.38 Å². The molecule has 2 aromatic rings. The van der Waals surface area contributed by atoms with Gasteiger partial charge in [0.25, 0.3) is 10.0 Å². The van der Waals surface area contributed by atoms with Crippen molar-refractivity contribution in [2.24, 2.45) is 10.1 Å². The van der Waals surface area contributed by atoms with E-state index in [1.165, 1.54) is 0 Å². The lowest BCUT2D eigenvalue weighted by molar-refractivity contribution is 0.599. The van der Waals surface area contributed by atoms with Gasteiger partial charge >= 0.3 is 0 Å². The zero-order valence-electron chi connectivity index (χ0n) is 10.0. The SMILES string of the molecule is NCCc1nccn1C1=NS(=O)(=O)c2ccccc21. The third-order valence-electron chi connectivity index (χ3n) is 2.93. The van der Waals surface area contributed by atoms with Gasteiger partial charge in [-0.3, -0.25) is 4.57 Å². The van der Waals surface area contributed by atoms with Gasteiger partial charge in [-0.05, 0) is 18.7 Å². The Kier molecular flexibility index (Phi) is 2.72. The molecule has 2 N–H and O–H groups in total. The number of rotatable bonds is 2. The van der Waals surface area contributed by atoms with Crippen LogP contribution in [0.4, 0.5) is 0 Å². The van der Waals surface area contributed by atoms with Gasteiger partial charge in [0.05, 0.1) is 0 Å². The molecule has 3 rings (SSSR count). The smallest absolute Gasteiger partial charge is 0.285 e. The molecular formula is C12H12N4O2S. The second-order valence-electron chi connectivity index (χ2n) is 4.14. The Labute approximate surface area is 110 Å². The van der Waals surface area contributed by atoms with E-state index in [0.29, 0.717) is 30.2 Å². The van der Waals surface area contributed by atoms with E-state index in [1.54, 1.807) is 41.2 Å². The lowest BCUT2D eigenvalue weighted by Gasteiger charge is -2.06. The fourth-order valence-corrected chi connectivity index (χ4v) is 3.30. The molecule has 0 fully saturated rings. The topological polar surface area (TPSA) is 90.3 Å². The van der Waals surface area contributed by atoms with Crippen molar-refractivity contribution in [2.75, 3.05) is 6.54 Å². The van der Waals surface area contributed by atoms with E-state index in [1.807, 2.05) is 0 Å². The molecule has 0 radical (unpaired) electrons. The van der Waals surface area contributed by atoms with Gasteiger partial charge in [0.15, 0.2) is 5.84 Å². The van der Waals surface area contributed by atoms with Gasteiger partial charge in [0, 0.05) is 24.4 Å². The Hall–Kier alpha value is -1.99. The number of hydrogen-bond acceptors (Lipinski definition) is 4. The second-order valence-corrected chi connectivity index (χ2v) is 5.71. The third-order valence-corrected chi connectivity index (χ3v) is 4.25. The largest absolute Gasteiger partial charge is 0.330 e. The molecule has 0 atom stereocenters. The molecule has 0 saturated heterocycles. The van der Waals surface area contributed by atoms with Crippen LogP contribution in [0.5, 0.6) is 0 Å². The van der Waals surface area contributed by atoms with Crippen molar-refractivity contribution in [3.05, 3.63) is 48.0 Å². The molecule has 0 aliphatic carbocycles. The first-order chi connectivity index (χ1) is 9.13. The average molecular weight is 276 g/mol. The summed E-state index contributed by atoms with van der Waals surface area (Å²) in [6, 6.07) is 6.77. The van der Waals surface area contributed by atoms with Crippen molar-refractivity contribution in [3.63, 3.8) is 0 Å². The lowest BCUT2D eigenvalue weighted by Crippen LogP contribution is -2.16. The van der Waals surface area contributed by atoms with Crippen molar-refractivity contribution in [1.29, 1.82) is 0 Å². The minimum absolute atomic E-state index is 0.234. The van der Waals surface area contributed by atoms with Crippen LogP contribution in [0.1, 0.15) is 11.4 Å². The summed E-state index contributed by atoms with van der Waals surface area (Å²) in [5.74, 6) is 1.09. The van der Waals surface area contributed by atoms with Gasteiger partial charge in [0.1, 0.15) is 10.7 Å². The maximum absolute atomic E-state index is 12.0. The molecule has 98 valence electrons. The minimum atomic E-state index is -3.60. The summed E-state index contributed by atoms with van der Waals surface area (Å²) in [6.45, 7) is 0.443. The predicted molar refractivity (Wildman–Crippen MR) is 70.5 cm³/mol. The van der Waals surface area contributed by atoms with E-state index in [0.717, 1.165) is 0 Å². The van der Waals surface area contributed by atoms with Gasteiger partial charge in [-0.15, -0.1) is 4.40 Å². The molecule has 0 bridgehead atoms. The van der Waals surface area contributed by atoms with Crippen molar-refractivity contribution >= 4 is 15.9 Å². The summed E-state index contributed by atoms with van der Waals surface area (Å²) in [4.78, 5) is 4.41. The number of imidazole rings is 1. The number of benzene rings is 1. The van der Waals surface area contributed by atoms with Gasteiger partial charge in [0.2, 0.25) is 0 Å². The monoisotopic (exact) mass is 276 g/mol. The molecule has 19 heavy (non-hydrogen) atoms. The Morgan fingerprint density at radius 1 is 1.26 bits per heavy atom. The Morgan fingerprint density at radius 3 is 2.84 bits per heavy atom. The molecule has 1 aliphatic rings. The average Bonchev–Trinajstić information content (AvgIpc) is 2.94. The second kappa shape index (κ2) is 4.29. The summed E-state index contributed by atoms with van der Waals surface area (Å²) in [5, 5.41) is 0. The molecule has 6 nitrogen and oxygen atoms in total. The van der Waals surface area contributed by atoms with E-state index in [4.69, 9.17) is 5.73 Å². The van der Waals surface area contributed by atoms with E-state index < -0.39 is 10.0 Å². The zero-order chi connectivity index (χ0) is 13.5.